The number of hydrogen-bond acceptors (Lipinski definition) is 1. The Kier molecular flexibility index (Phi) is 8.66. The molecule has 0 fully saturated rings. The average molecular weight is 669 g/mol. The zero-order chi connectivity index (χ0) is 33.5. The van der Waals surface area contributed by atoms with E-state index in [1.807, 2.05) is 6.07 Å². The van der Waals surface area contributed by atoms with Crippen molar-refractivity contribution in [2.75, 3.05) is 11.9 Å². The molecule has 5 aromatic rings. The molecule has 2 heterocycles. The maximum Gasteiger partial charge on any atom is 0.211 e. The smallest absolute Gasteiger partial charge is 0.211 e. The van der Waals surface area contributed by atoms with E-state index in [2.05, 4.69) is 171 Å². The number of likely N-dealkylation sites (N-methyl/N-ethyl adjacent to an activating group) is 1. The van der Waals surface area contributed by atoms with Crippen LogP contribution in [0.2, 0.25) is 10.0 Å². The molecule has 2 nitrogen and oxygen atoms in total. The molecule has 0 saturated carbocycles. The van der Waals surface area contributed by atoms with Gasteiger partial charge >= 0.3 is 0 Å². The number of halogens is 2. The lowest BCUT2D eigenvalue weighted by molar-refractivity contribution is -0.455. The van der Waals surface area contributed by atoms with Gasteiger partial charge in [-0.25, -0.2) is 0 Å². The van der Waals surface area contributed by atoms with Gasteiger partial charge in [-0.05, 0) is 73.7 Å². The van der Waals surface area contributed by atoms with Crippen LogP contribution in [0.15, 0.2) is 145 Å². The van der Waals surface area contributed by atoms with E-state index in [4.69, 9.17) is 23.2 Å². The molecule has 0 spiro atoms. The summed E-state index contributed by atoms with van der Waals surface area (Å²) in [4.78, 5) is 2.38. The Labute approximate surface area is 295 Å². The van der Waals surface area contributed by atoms with Gasteiger partial charge in [0.25, 0.3) is 0 Å². The van der Waals surface area contributed by atoms with E-state index in [0.29, 0.717) is 10.0 Å². The molecule has 2 aliphatic heterocycles. The van der Waals surface area contributed by atoms with Crippen molar-refractivity contribution in [2.45, 2.75) is 51.0 Å². The molecule has 2 atom stereocenters. The van der Waals surface area contributed by atoms with E-state index in [0.717, 1.165) is 25.1 Å². The van der Waals surface area contributed by atoms with Crippen LogP contribution in [0.3, 0.4) is 0 Å². The van der Waals surface area contributed by atoms with Crippen molar-refractivity contribution >= 4 is 51.1 Å². The van der Waals surface area contributed by atoms with Crippen molar-refractivity contribution in [2.24, 2.45) is 0 Å². The van der Waals surface area contributed by atoms with Crippen LogP contribution in [0.25, 0.3) is 10.8 Å². The van der Waals surface area contributed by atoms with Gasteiger partial charge in [0.05, 0.1) is 15.5 Å². The second kappa shape index (κ2) is 12.9. The molecule has 4 heteroatoms. The molecule has 2 unspecified atom stereocenters. The van der Waals surface area contributed by atoms with Gasteiger partial charge in [0.1, 0.15) is 0 Å². The second-order valence-electron chi connectivity index (χ2n) is 13.5. The van der Waals surface area contributed by atoms with E-state index in [-0.39, 0.29) is 10.8 Å². The fourth-order valence-corrected chi connectivity index (χ4v) is 8.32. The SMILES string of the molecule is CC=CCC1(C)C(=CC=CC2=[N+](Cc3ccccc3)c3cc(Cl)c(Cl)cc3C2(C)Cc2ccccc2)N(C)c2ccc3ccccc3c21. The minimum Gasteiger partial charge on any atom is -0.347 e. The maximum atomic E-state index is 6.75. The number of benzene rings is 5. The Morgan fingerprint density at radius 2 is 1.44 bits per heavy atom. The third-order valence-electron chi connectivity index (χ3n) is 10.4. The fourth-order valence-electron chi connectivity index (χ4n) is 8.00. The number of anilines is 1. The van der Waals surface area contributed by atoms with Crippen molar-refractivity contribution in [3.05, 3.63) is 178 Å². The molecule has 0 N–H and O–H groups in total. The molecule has 2 aliphatic rings. The van der Waals surface area contributed by atoms with Gasteiger partial charge in [-0.1, -0.05) is 132 Å². The van der Waals surface area contributed by atoms with Crippen molar-refractivity contribution in [1.29, 1.82) is 0 Å². The highest BCUT2D eigenvalue weighted by molar-refractivity contribution is 6.42. The van der Waals surface area contributed by atoms with Crippen LogP contribution in [0, 0.1) is 0 Å². The maximum absolute atomic E-state index is 6.75. The van der Waals surface area contributed by atoms with Gasteiger partial charge in [-0.3, -0.25) is 0 Å². The van der Waals surface area contributed by atoms with Crippen molar-refractivity contribution in [3.63, 3.8) is 0 Å². The van der Waals surface area contributed by atoms with E-state index in [1.54, 1.807) is 0 Å². The summed E-state index contributed by atoms with van der Waals surface area (Å²) < 4.78 is 2.43. The van der Waals surface area contributed by atoms with Crippen LogP contribution < -0.4 is 4.90 Å². The first kappa shape index (κ1) is 32.2. The minimum atomic E-state index is -0.344. The molecule has 0 aromatic heterocycles. The predicted molar refractivity (Wildman–Crippen MR) is 205 cm³/mol. The highest BCUT2D eigenvalue weighted by Gasteiger charge is 2.48. The van der Waals surface area contributed by atoms with E-state index >= 15 is 0 Å². The highest BCUT2D eigenvalue weighted by Crippen LogP contribution is 2.52. The molecule has 0 radical (unpaired) electrons. The van der Waals surface area contributed by atoms with Gasteiger partial charge in [0, 0.05) is 47.1 Å². The molecule has 48 heavy (non-hydrogen) atoms. The molecular weight excluding hydrogens is 627 g/mol. The van der Waals surface area contributed by atoms with Crippen LogP contribution >= 0.6 is 23.2 Å². The molecule has 0 saturated heterocycles. The number of allylic oxidation sites excluding steroid dienone is 6. The van der Waals surface area contributed by atoms with Crippen LogP contribution in [-0.4, -0.2) is 17.3 Å². The van der Waals surface area contributed by atoms with Crippen molar-refractivity contribution in [1.82, 2.24) is 0 Å². The first-order chi connectivity index (χ1) is 23.2. The summed E-state index contributed by atoms with van der Waals surface area (Å²) in [6, 6.07) is 38.8. The van der Waals surface area contributed by atoms with E-state index in [9.17, 15) is 0 Å². The van der Waals surface area contributed by atoms with Gasteiger partial charge in [0.2, 0.25) is 5.69 Å². The summed E-state index contributed by atoms with van der Waals surface area (Å²) >= 11 is 13.5. The van der Waals surface area contributed by atoms with Crippen LogP contribution in [0.4, 0.5) is 11.4 Å². The normalized spacial score (nSPS) is 21.3. The predicted octanol–water partition coefficient (Wildman–Crippen LogP) is 11.8. The van der Waals surface area contributed by atoms with Crippen LogP contribution in [0.5, 0.6) is 0 Å². The number of fused-ring (bicyclic) bond motifs is 4. The summed E-state index contributed by atoms with van der Waals surface area (Å²) in [6.45, 7) is 7.58. The average Bonchev–Trinajstić information content (AvgIpc) is 3.44. The Balaban J connectivity index is 1.40. The minimum absolute atomic E-state index is 0.191. The van der Waals surface area contributed by atoms with Gasteiger partial charge < -0.3 is 4.90 Å². The number of rotatable bonds is 8. The Bertz CT molecular complexity index is 2130. The zero-order valence-corrected chi connectivity index (χ0v) is 29.6. The molecule has 0 bridgehead atoms. The van der Waals surface area contributed by atoms with E-state index in [1.165, 1.54) is 50.1 Å². The van der Waals surface area contributed by atoms with E-state index < -0.39 is 0 Å². The molecule has 0 aliphatic carbocycles. The van der Waals surface area contributed by atoms with Crippen molar-refractivity contribution < 1.29 is 4.58 Å². The third-order valence-corrected chi connectivity index (χ3v) is 11.1. The first-order valence-electron chi connectivity index (χ1n) is 16.7. The molecule has 240 valence electrons. The number of nitrogens with zero attached hydrogens (tertiary/aromatic N) is 2. The lowest BCUT2D eigenvalue weighted by atomic mass is 9.74. The van der Waals surface area contributed by atoms with Crippen LogP contribution in [-0.2, 0) is 23.8 Å². The van der Waals surface area contributed by atoms with Crippen LogP contribution in [0.1, 0.15) is 49.4 Å². The van der Waals surface area contributed by atoms with Gasteiger partial charge in [0.15, 0.2) is 12.3 Å². The summed E-state index contributed by atoms with van der Waals surface area (Å²) in [5.74, 6) is 0. The Morgan fingerprint density at radius 3 is 2.17 bits per heavy atom. The zero-order valence-electron chi connectivity index (χ0n) is 28.1. The Morgan fingerprint density at radius 1 is 0.771 bits per heavy atom. The lowest BCUT2D eigenvalue weighted by Crippen LogP contribution is -2.33. The Hall–Kier alpha value is -4.37. The monoisotopic (exact) mass is 667 g/mol. The number of hydrogen-bond donors (Lipinski definition) is 0. The quantitative estimate of drug-likeness (QED) is 0.118. The summed E-state index contributed by atoms with van der Waals surface area (Å²) in [7, 11) is 2.21. The second-order valence-corrected chi connectivity index (χ2v) is 14.3. The summed E-state index contributed by atoms with van der Waals surface area (Å²) in [6.07, 6.45) is 13.1. The molecule has 5 aromatic carbocycles. The lowest BCUT2D eigenvalue weighted by Gasteiger charge is -2.28. The largest absolute Gasteiger partial charge is 0.347 e. The molecule has 7 rings (SSSR count). The van der Waals surface area contributed by atoms with Crippen molar-refractivity contribution in [3.8, 4) is 0 Å². The highest BCUT2D eigenvalue weighted by atomic mass is 35.5. The van der Waals surface area contributed by atoms with Gasteiger partial charge in [-0.2, -0.15) is 4.58 Å². The topological polar surface area (TPSA) is 6.25 Å². The molecular formula is C44H41Cl2N2+. The van der Waals surface area contributed by atoms with Gasteiger partial charge in [-0.15, -0.1) is 0 Å². The fraction of sp³-hybridized carbons (Fsp3) is 0.205. The molecule has 0 amide bonds. The standard InChI is InChI=1S/C44H41Cl2N2/c1-5-6-26-43(2)40(47(4)38-25-24-33-20-13-14-21-34(33)42(38)43)22-15-23-41-44(3,29-31-16-9-7-10-17-31)35-27-36(45)37(46)28-39(35)48(41)30-32-18-11-8-12-19-32/h5-25,27-28H,26,29-30H2,1-4H3/q+1. The summed E-state index contributed by atoms with van der Waals surface area (Å²) in [5, 5.41) is 3.75. The first-order valence-corrected chi connectivity index (χ1v) is 17.5. The summed E-state index contributed by atoms with van der Waals surface area (Å²) in [5.41, 5.74) is 9.44. The third kappa shape index (κ3) is 5.51.